The minimum Gasteiger partial charge on any atom is -0.497 e. The lowest BCUT2D eigenvalue weighted by atomic mass is 9.99. The van der Waals surface area contributed by atoms with Crippen molar-refractivity contribution in [3.8, 4) is 16.9 Å². The number of primary amides is 1. The van der Waals surface area contributed by atoms with E-state index < -0.39 is 6.03 Å². The Balaban J connectivity index is 2.35. The van der Waals surface area contributed by atoms with Crippen LogP contribution in [0.1, 0.15) is 5.56 Å². The van der Waals surface area contributed by atoms with Gasteiger partial charge in [-0.1, -0.05) is 36.4 Å². The summed E-state index contributed by atoms with van der Waals surface area (Å²) < 4.78 is 5.22. The van der Waals surface area contributed by atoms with Crippen LogP contribution in [0.4, 0.5) is 4.79 Å². The molecule has 2 aromatic carbocycles. The van der Waals surface area contributed by atoms with Gasteiger partial charge in [-0.2, -0.15) is 0 Å². The van der Waals surface area contributed by atoms with Gasteiger partial charge in [0.2, 0.25) is 0 Å². The van der Waals surface area contributed by atoms with E-state index in [2.05, 4.69) is 5.32 Å². The van der Waals surface area contributed by atoms with Crippen LogP contribution < -0.4 is 15.8 Å². The third kappa shape index (κ3) is 3.25. The molecule has 2 rings (SSSR count). The maximum atomic E-state index is 10.8. The number of nitrogens with one attached hydrogen (secondary N) is 1. The summed E-state index contributed by atoms with van der Waals surface area (Å²) in [6.45, 7) is 0.405. The van der Waals surface area contributed by atoms with Crippen LogP contribution in [-0.2, 0) is 6.54 Å². The number of carbonyl (C=O) groups excluding carboxylic acids is 1. The summed E-state index contributed by atoms with van der Waals surface area (Å²) in [4.78, 5) is 10.8. The van der Waals surface area contributed by atoms with E-state index in [1.165, 1.54) is 0 Å². The molecule has 0 heterocycles. The second-order valence-corrected chi connectivity index (χ2v) is 4.11. The molecule has 0 aromatic heterocycles. The lowest BCUT2D eigenvalue weighted by Crippen LogP contribution is -2.28. The van der Waals surface area contributed by atoms with E-state index in [-0.39, 0.29) is 0 Å². The van der Waals surface area contributed by atoms with Gasteiger partial charge < -0.3 is 15.8 Å². The molecule has 3 N–H and O–H groups in total. The van der Waals surface area contributed by atoms with E-state index in [4.69, 9.17) is 10.5 Å². The quantitative estimate of drug-likeness (QED) is 0.882. The fraction of sp³-hybridized carbons (Fsp3) is 0.133. The fourth-order valence-electron chi connectivity index (χ4n) is 1.93. The van der Waals surface area contributed by atoms with Crippen molar-refractivity contribution < 1.29 is 9.53 Å². The zero-order chi connectivity index (χ0) is 13.7. The Morgan fingerprint density at radius 1 is 1.21 bits per heavy atom. The molecule has 0 aliphatic rings. The van der Waals surface area contributed by atoms with E-state index in [9.17, 15) is 4.79 Å². The minimum atomic E-state index is -0.527. The van der Waals surface area contributed by atoms with Gasteiger partial charge in [-0.15, -0.1) is 0 Å². The Morgan fingerprint density at radius 2 is 2.00 bits per heavy atom. The Bertz CT molecular complexity index is 582. The number of hydrogen-bond donors (Lipinski definition) is 2. The predicted molar refractivity (Wildman–Crippen MR) is 74.9 cm³/mol. The first kappa shape index (κ1) is 13.0. The van der Waals surface area contributed by atoms with E-state index in [1.807, 2.05) is 48.5 Å². The second kappa shape index (κ2) is 5.91. The molecule has 2 amide bonds. The Hall–Kier alpha value is -2.49. The van der Waals surface area contributed by atoms with Crippen LogP contribution >= 0.6 is 0 Å². The zero-order valence-electron chi connectivity index (χ0n) is 10.7. The number of urea groups is 1. The highest BCUT2D eigenvalue weighted by Crippen LogP contribution is 2.26. The number of methoxy groups -OCH3 is 1. The van der Waals surface area contributed by atoms with Gasteiger partial charge in [0.25, 0.3) is 0 Å². The minimum absolute atomic E-state index is 0.405. The lowest BCUT2D eigenvalue weighted by Gasteiger charge is -2.11. The smallest absolute Gasteiger partial charge is 0.312 e. The number of rotatable bonds is 4. The van der Waals surface area contributed by atoms with Crippen LogP contribution in [0.2, 0.25) is 0 Å². The first-order valence-corrected chi connectivity index (χ1v) is 5.96. The molecular formula is C15H16N2O2. The molecule has 2 aromatic rings. The van der Waals surface area contributed by atoms with Gasteiger partial charge in [-0.3, -0.25) is 0 Å². The highest BCUT2D eigenvalue weighted by atomic mass is 16.5. The number of hydrogen-bond acceptors (Lipinski definition) is 2. The Kier molecular flexibility index (Phi) is 4.03. The summed E-state index contributed by atoms with van der Waals surface area (Å²) in [6.07, 6.45) is 0. The molecule has 0 spiro atoms. The molecule has 0 unspecified atom stereocenters. The third-order valence-corrected chi connectivity index (χ3v) is 2.85. The van der Waals surface area contributed by atoms with Crippen molar-refractivity contribution in [3.63, 3.8) is 0 Å². The first-order valence-electron chi connectivity index (χ1n) is 5.96. The van der Waals surface area contributed by atoms with Crippen molar-refractivity contribution >= 4 is 6.03 Å². The van der Waals surface area contributed by atoms with Gasteiger partial charge in [0.1, 0.15) is 5.75 Å². The number of carbonyl (C=O) groups is 1. The highest BCUT2D eigenvalue weighted by Gasteiger charge is 2.06. The third-order valence-electron chi connectivity index (χ3n) is 2.85. The standard InChI is InChI=1S/C15H16N2O2/c1-19-13-7-4-6-11(9-13)14-8-3-2-5-12(14)10-17-15(16)18/h2-9H,10H2,1H3,(H3,16,17,18). The van der Waals surface area contributed by atoms with Crippen molar-refractivity contribution in [2.24, 2.45) is 5.73 Å². The van der Waals surface area contributed by atoms with E-state index >= 15 is 0 Å². The van der Waals surface area contributed by atoms with Crippen molar-refractivity contribution in [1.82, 2.24) is 5.32 Å². The van der Waals surface area contributed by atoms with Crippen LogP contribution in [0.5, 0.6) is 5.75 Å². The average Bonchev–Trinajstić information content (AvgIpc) is 2.45. The number of ether oxygens (including phenoxy) is 1. The van der Waals surface area contributed by atoms with E-state index in [1.54, 1.807) is 7.11 Å². The topological polar surface area (TPSA) is 64.3 Å². The summed E-state index contributed by atoms with van der Waals surface area (Å²) in [6, 6.07) is 15.1. The molecule has 0 bridgehead atoms. The predicted octanol–water partition coefficient (Wildman–Crippen LogP) is 2.53. The molecular weight excluding hydrogens is 240 g/mol. The van der Waals surface area contributed by atoms with E-state index in [0.717, 1.165) is 22.4 Å². The molecule has 0 atom stereocenters. The van der Waals surface area contributed by atoms with Crippen molar-refractivity contribution in [2.45, 2.75) is 6.54 Å². The van der Waals surface area contributed by atoms with Gasteiger partial charge in [0, 0.05) is 6.54 Å². The average molecular weight is 256 g/mol. The van der Waals surface area contributed by atoms with Gasteiger partial charge in [0.05, 0.1) is 7.11 Å². The number of benzene rings is 2. The van der Waals surface area contributed by atoms with Crippen LogP contribution in [0.15, 0.2) is 48.5 Å². The molecule has 0 saturated heterocycles. The number of amides is 2. The SMILES string of the molecule is COc1cccc(-c2ccccc2CNC(N)=O)c1. The molecule has 98 valence electrons. The van der Waals surface area contributed by atoms with Gasteiger partial charge in [-0.05, 0) is 28.8 Å². The molecule has 0 saturated carbocycles. The van der Waals surface area contributed by atoms with E-state index in [0.29, 0.717) is 6.54 Å². The van der Waals surface area contributed by atoms with Crippen molar-refractivity contribution in [1.29, 1.82) is 0 Å². The molecule has 4 nitrogen and oxygen atoms in total. The van der Waals surface area contributed by atoms with Crippen LogP contribution in [0.25, 0.3) is 11.1 Å². The molecule has 0 aliphatic carbocycles. The Labute approximate surface area is 112 Å². The normalized spacial score (nSPS) is 9.95. The zero-order valence-corrected chi connectivity index (χ0v) is 10.7. The summed E-state index contributed by atoms with van der Waals surface area (Å²) >= 11 is 0. The first-order chi connectivity index (χ1) is 9.20. The fourth-order valence-corrected chi connectivity index (χ4v) is 1.93. The molecule has 0 fully saturated rings. The van der Waals surface area contributed by atoms with Gasteiger partial charge in [0.15, 0.2) is 0 Å². The largest absolute Gasteiger partial charge is 0.497 e. The maximum Gasteiger partial charge on any atom is 0.312 e. The molecule has 0 aliphatic heterocycles. The summed E-state index contributed by atoms with van der Waals surface area (Å²) in [5.74, 6) is 0.801. The second-order valence-electron chi connectivity index (χ2n) is 4.11. The Morgan fingerprint density at radius 3 is 2.74 bits per heavy atom. The lowest BCUT2D eigenvalue weighted by molar-refractivity contribution is 0.248. The van der Waals surface area contributed by atoms with Gasteiger partial charge >= 0.3 is 6.03 Å². The maximum absolute atomic E-state index is 10.8. The highest BCUT2D eigenvalue weighted by molar-refractivity contribution is 5.73. The van der Waals surface area contributed by atoms with Crippen molar-refractivity contribution in [2.75, 3.05) is 7.11 Å². The number of nitrogens with two attached hydrogens (primary N) is 1. The molecule has 19 heavy (non-hydrogen) atoms. The van der Waals surface area contributed by atoms with Crippen LogP contribution in [0.3, 0.4) is 0 Å². The van der Waals surface area contributed by atoms with Crippen molar-refractivity contribution in [3.05, 3.63) is 54.1 Å². The van der Waals surface area contributed by atoms with Gasteiger partial charge in [-0.25, -0.2) is 4.79 Å². The molecule has 0 radical (unpaired) electrons. The molecule has 4 heteroatoms. The summed E-state index contributed by atoms with van der Waals surface area (Å²) in [5, 5.41) is 2.61. The van der Waals surface area contributed by atoms with Crippen LogP contribution in [-0.4, -0.2) is 13.1 Å². The van der Waals surface area contributed by atoms with Crippen LogP contribution in [0, 0.1) is 0 Å². The monoisotopic (exact) mass is 256 g/mol. The summed E-state index contributed by atoms with van der Waals surface area (Å²) in [5.41, 5.74) is 8.21. The summed E-state index contributed by atoms with van der Waals surface area (Å²) in [7, 11) is 1.64.